The van der Waals surface area contributed by atoms with Gasteiger partial charge in [0.05, 0.1) is 11.3 Å². The minimum Gasteiger partial charge on any atom is -0.476 e. The van der Waals surface area contributed by atoms with Gasteiger partial charge in [-0.05, 0) is 50.2 Å². The topological polar surface area (TPSA) is 58.6 Å². The molecule has 29 heavy (non-hydrogen) atoms. The number of amides is 2. The molecule has 0 aliphatic carbocycles. The van der Waals surface area contributed by atoms with Gasteiger partial charge in [0.1, 0.15) is 5.75 Å². The molecule has 0 saturated heterocycles. The second-order valence-electron chi connectivity index (χ2n) is 7.06. The number of rotatable bonds is 4. The predicted molar refractivity (Wildman–Crippen MR) is 103 cm³/mol. The minimum atomic E-state index is -4.50. The molecule has 2 aromatic rings. The molecule has 0 unspecified atom stereocenters. The largest absolute Gasteiger partial charge is 0.476 e. The Morgan fingerprint density at radius 1 is 1.21 bits per heavy atom. The molecular weight excluding hydrogens is 409 g/mol. The highest BCUT2D eigenvalue weighted by Crippen LogP contribution is 2.39. The van der Waals surface area contributed by atoms with Gasteiger partial charge in [0.15, 0.2) is 5.60 Å². The van der Waals surface area contributed by atoms with Gasteiger partial charge >= 0.3 is 6.18 Å². The molecule has 5 nitrogen and oxygen atoms in total. The first-order valence-electron chi connectivity index (χ1n) is 8.75. The molecule has 0 fully saturated rings. The van der Waals surface area contributed by atoms with Gasteiger partial charge in [0.25, 0.3) is 5.91 Å². The van der Waals surface area contributed by atoms with E-state index in [0.29, 0.717) is 16.5 Å². The Balaban J connectivity index is 1.73. The minimum absolute atomic E-state index is 0.0176. The number of alkyl halides is 3. The third kappa shape index (κ3) is 4.64. The summed E-state index contributed by atoms with van der Waals surface area (Å²) in [6.45, 7) is 3.24. The third-order valence-electron chi connectivity index (χ3n) is 4.37. The summed E-state index contributed by atoms with van der Waals surface area (Å²) in [5.74, 6) is -0.415. The van der Waals surface area contributed by atoms with E-state index in [9.17, 15) is 22.8 Å². The normalized spacial score (nSPS) is 15.5. The zero-order valence-corrected chi connectivity index (χ0v) is 16.4. The summed E-state index contributed by atoms with van der Waals surface area (Å²) in [5, 5.41) is 2.83. The molecule has 1 heterocycles. The average Bonchev–Trinajstić information content (AvgIpc) is 2.62. The van der Waals surface area contributed by atoms with E-state index in [1.165, 1.54) is 17.0 Å². The van der Waals surface area contributed by atoms with Crippen LogP contribution in [0.2, 0.25) is 5.02 Å². The zero-order valence-electron chi connectivity index (χ0n) is 15.6. The van der Waals surface area contributed by atoms with Crippen LogP contribution in [0, 0.1) is 0 Å². The van der Waals surface area contributed by atoms with Crippen LogP contribution in [-0.2, 0) is 15.8 Å². The molecule has 154 valence electrons. The van der Waals surface area contributed by atoms with E-state index >= 15 is 0 Å². The summed E-state index contributed by atoms with van der Waals surface area (Å²) in [5.41, 5.74) is -1.52. The summed E-state index contributed by atoms with van der Waals surface area (Å²) in [6.07, 6.45) is -4.63. The monoisotopic (exact) mass is 426 g/mol. The number of nitrogens with zero attached hydrogens (tertiary/aromatic N) is 1. The number of halogens is 4. The van der Waals surface area contributed by atoms with Crippen LogP contribution in [-0.4, -0.2) is 24.0 Å². The highest BCUT2D eigenvalue weighted by Gasteiger charge is 2.41. The maximum absolute atomic E-state index is 12.8. The van der Waals surface area contributed by atoms with E-state index in [4.69, 9.17) is 16.3 Å². The number of anilines is 2. The van der Waals surface area contributed by atoms with Crippen molar-refractivity contribution in [2.24, 2.45) is 0 Å². The molecule has 0 bridgehead atoms. The van der Waals surface area contributed by atoms with Gasteiger partial charge in [-0.3, -0.25) is 9.59 Å². The predicted octanol–water partition coefficient (Wildman–Crippen LogP) is 4.89. The second-order valence-corrected chi connectivity index (χ2v) is 7.49. The van der Waals surface area contributed by atoms with E-state index in [2.05, 4.69) is 5.32 Å². The molecule has 0 aromatic heterocycles. The van der Waals surface area contributed by atoms with E-state index in [1.807, 2.05) is 0 Å². The molecule has 9 heteroatoms. The summed E-state index contributed by atoms with van der Waals surface area (Å²) < 4.78 is 44.1. The molecule has 0 saturated carbocycles. The SMILES string of the molecule is CC1(C)Oc2ccc(Cl)cc2N(CCC(=O)Nc2cccc(C(F)(F)F)c2)C1=O. The van der Waals surface area contributed by atoms with Crippen LogP contribution in [0.5, 0.6) is 5.75 Å². The summed E-state index contributed by atoms with van der Waals surface area (Å²) in [7, 11) is 0. The average molecular weight is 427 g/mol. The fourth-order valence-electron chi connectivity index (χ4n) is 2.97. The maximum Gasteiger partial charge on any atom is 0.416 e. The number of carbonyl (C=O) groups excluding carboxylic acids is 2. The van der Waals surface area contributed by atoms with Gasteiger partial charge in [0.2, 0.25) is 5.91 Å². The maximum atomic E-state index is 12.8. The van der Waals surface area contributed by atoms with Crippen LogP contribution in [0.1, 0.15) is 25.8 Å². The number of carbonyl (C=O) groups is 2. The molecule has 1 aliphatic rings. The van der Waals surface area contributed by atoms with Crippen molar-refractivity contribution in [3.63, 3.8) is 0 Å². The number of fused-ring (bicyclic) bond motifs is 1. The molecule has 2 aromatic carbocycles. The van der Waals surface area contributed by atoms with Gasteiger partial charge in [0, 0.05) is 23.7 Å². The van der Waals surface area contributed by atoms with Crippen LogP contribution in [0.4, 0.5) is 24.5 Å². The Hall–Kier alpha value is -2.74. The highest BCUT2D eigenvalue weighted by atomic mass is 35.5. The summed E-state index contributed by atoms with van der Waals surface area (Å²) in [6, 6.07) is 9.19. The molecule has 0 atom stereocenters. The van der Waals surface area contributed by atoms with Crippen molar-refractivity contribution in [3.05, 3.63) is 53.1 Å². The quantitative estimate of drug-likeness (QED) is 0.757. The van der Waals surface area contributed by atoms with Crippen molar-refractivity contribution < 1.29 is 27.5 Å². The smallest absolute Gasteiger partial charge is 0.416 e. The van der Waals surface area contributed by atoms with Gasteiger partial charge in [-0.1, -0.05) is 17.7 Å². The van der Waals surface area contributed by atoms with Crippen LogP contribution in [0.25, 0.3) is 0 Å². The fourth-order valence-corrected chi connectivity index (χ4v) is 3.14. The standard InChI is InChI=1S/C20H18ClF3N2O3/c1-19(2)18(28)26(15-11-13(21)6-7-16(15)29-19)9-8-17(27)25-14-5-3-4-12(10-14)20(22,23)24/h3-7,10-11H,8-9H2,1-2H3,(H,25,27). The molecule has 3 rings (SSSR count). The molecule has 2 amide bonds. The summed E-state index contributed by atoms with van der Waals surface area (Å²) >= 11 is 6.02. The van der Waals surface area contributed by atoms with E-state index < -0.39 is 23.2 Å². The Morgan fingerprint density at radius 2 is 1.93 bits per heavy atom. The highest BCUT2D eigenvalue weighted by molar-refractivity contribution is 6.31. The van der Waals surface area contributed by atoms with Crippen molar-refractivity contribution in [1.82, 2.24) is 0 Å². The van der Waals surface area contributed by atoms with Crippen LogP contribution >= 0.6 is 11.6 Å². The third-order valence-corrected chi connectivity index (χ3v) is 4.61. The number of nitrogens with one attached hydrogen (secondary N) is 1. The van der Waals surface area contributed by atoms with E-state index in [0.717, 1.165) is 12.1 Å². The van der Waals surface area contributed by atoms with Crippen LogP contribution in [0.15, 0.2) is 42.5 Å². The Labute approximate surface area is 170 Å². The van der Waals surface area contributed by atoms with Gasteiger partial charge < -0.3 is 15.0 Å². The first kappa shape index (κ1) is 21.0. The molecule has 1 N–H and O–H groups in total. The Morgan fingerprint density at radius 3 is 2.62 bits per heavy atom. The molecule has 0 spiro atoms. The van der Waals surface area contributed by atoms with Crippen molar-refractivity contribution in [1.29, 1.82) is 0 Å². The van der Waals surface area contributed by atoms with Gasteiger partial charge in [-0.15, -0.1) is 0 Å². The van der Waals surface area contributed by atoms with Crippen molar-refractivity contribution in [2.45, 2.75) is 32.0 Å². The van der Waals surface area contributed by atoms with Crippen molar-refractivity contribution in [3.8, 4) is 5.75 Å². The fraction of sp³-hybridized carbons (Fsp3) is 0.300. The second kappa shape index (κ2) is 7.59. The summed E-state index contributed by atoms with van der Waals surface area (Å²) in [4.78, 5) is 26.4. The molecular formula is C20H18ClF3N2O3. The molecule has 1 aliphatic heterocycles. The Bertz CT molecular complexity index is 960. The van der Waals surface area contributed by atoms with E-state index in [1.54, 1.807) is 32.0 Å². The number of ether oxygens (including phenoxy) is 1. The Kier molecular flexibility index (Phi) is 5.49. The van der Waals surface area contributed by atoms with Crippen molar-refractivity contribution >= 4 is 34.8 Å². The van der Waals surface area contributed by atoms with Gasteiger partial charge in [-0.2, -0.15) is 13.2 Å². The number of hydrogen-bond donors (Lipinski definition) is 1. The van der Waals surface area contributed by atoms with Crippen LogP contribution < -0.4 is 15.0 Å². The zero-order chi connectivity index (χ0) is 21.4. The van der Waals surface area contributed by atoms with E-state index in [-0.39, 0.29) is 24.6 Å². The van der Waals surface area contributed by atoms with Gasteiger partial charge in [-0.25, -0.2) is 0 Å². The molecule has 0 radical (unpaired) electrons. The lowest BCUT2D eigenvalue weighted by molar-refractivity contribution is -0.137. The first-order chi connectivity index (χ1) is 13.5. The number of benzene rings is 2. The first-order valence-corrected chi connectivity index (χ1v) is 9.13. The lowest BCUT2D eigenvalue weighted by Gasteiger charge is -2.38. The van der Waals surface area contributed by atoms with Crippen LogP contribution in [0.3, 0.4) is 0 Å². The lowest BCUT2D eigenvalue weighted by Crippen LogP contribution is -2.53. The lowest BCUT2D eigenvalue weighted by atomic mass is 10.0. The number of hydrogen-bond acceptors (Lipinski definition) is 3. The van der Waals surface area contributed by atoms with Crippen molar-refractivity contribution in [2.75, 3.05) is 16.8 Å².